The maximum Gasteiger partial charge on any atom is 0.253 e. The minimum atomic E-state index is -1.20. The number of pyridine rings is 1. The number of Topliss-reactive ketones (excluding diaryl/α,β-unsaturated/α-hetero) is 1. The van der Waals surface area contributed by atoms with Crippen molar-refractivity contribution < 1.29 is 9.59 Å². The van der Waals surface area contributed by atoms with Gasteiger partial charge >= 0.3 is 0 Å². The fourth-order valence-corrected chi connectivity index (χ4v) is 2.84. The number of aromatic nitrogens is 1. The van der Waals surface area contributed by atoms with Crippen molar-refractivity contribution in [3.8, 4) is 0 Å². The lowest BCUT2D eigenvalue weighted by molar-refractivity contribution is -0.122. The van der Waals surface area contributed by atoms with Crippen LogP contribution in [0, 0.1) is 0 Å². The predicted molar refractivity (Wildman–Crippen MR) is 93.9 cm³/mol. The van der Waals surface area contributed by atoms with E-state index in [1.165, 1.54) is 12.3 Å². The first-order valence-corrected chi connectivity index (χ1v) is 7.94. The molecule has 1 aromatic carbocycles. The lowest BCUT2D eigenvalue weighted by Crippen LogP contribution is -2.33. The molecule has 0 N–H and O–H groups in total. The van der Waals surface area contributed by atoms with Crippen molar-refractivity contribution in [1.82, 2.24) is 4.98 Å². The number of hydrogen-bond acceptors (Lipinski definition) is 4. The summed E-state index contributed by atoms with van der Waals surface area (Å²) in [5.41, 5.74) is 0.227. The van der Waals surface area contributed by atoms with Crippen molar-refractivity contribution in [3.05, 3.63) is 76.6 Å². The van der Waals surface area contributed by atoms with Gasteiger partial charge in [0, 0.05) is 23.9 Å². The molecule has 2 aromatic rings. The lowest BCUT2D eigenvalue weighted by atomic mass is 9.87. The third-order valence-corrected chi connectivity index (χ3v) is 4.40. The summed E-state index contributed by atoms with van der Waals surface area (Å²) in [7, 11) is 0. The van der Waals surface area contributed by atoms with Gasteiger partial charge in [-0.25, -0.2) is 0 Å². The van der Waals surface area contributed by atoms with E-state index < -0.39 is 10.8 Å². The first-order chi connectivity index (χ1) is 11.5. The van der Waals surface area contributed by atoms with Crippen molar-refractivity contribution in [3.63, 3.8) is 0 Å². The number of carbonyl (C=O) groups excluding carboxylic acids is 2. The number of carbonyl (C=O) groups is 2. The van der Waals surface area contributed by atoms with Gasteiger partial charge in [-0.3, -0.25) is 19.6 Å². The van der Waals surface area contributed by atoms with E-state index in [1.54, 1.807) is 36.6 Å². The van der Waals surface area contributed by atoms with Crippen LogP contribution < -0.4 is 0 Å². The van der Waals surface area contributed by atoms with Crippen LogP contribution in [0.5, 0.6) is 0 Å². The minimum absolute atomic E-state index is 0.124. The molecule has 24 heavy (non-hydrogen) atoms. The highest BCUT2D eigenvalue weighted by molar-refractivity contribution is 6.67. The number of rotatable bonds is 5. The highest BCUT2D eigenvalue weighted by atomic mass is 35.5. The molecular formula is C18H12Cl2N2O2. The fraction of sp³-hybridized carbons (Fsp3) is 0.111. The fourth-order valence-electron chi connectivity index (χ4n) is 2.53. The van der Waals surface area contributed by atoms with Crippen LogP contribution in [0.3, 0.4) is 0 Å². The zero-order valence-electron chi connectivity index (χ0n) is 12.4. The Kier molecular flexibility index (Phi) is 4.60. The monoisotopic (exact) mass is 358 g/mol. The van der Waals surface area contributed by atoms with Gasteiger partial charge < -0.3 is 0 Å². The molecule has 0 spiro atoms. The summed E-state index contributed by atoms with van der Waals surface area (Å²) in [4.78, 5) is 32.7. The van der Waals surface area contributed by atoms with Crippen molar-refractivity contribution >= 4 is 40.4 Å². The summed E-state index contributed by atoms with van der Waals surface area (Å²) in [6, 6.07) is 10.3. The molecule has 0 fully saturated rings. The van der Waals surface area contributed by atoms with Crippen LogP contribution in [0.4, 0.5) is 0 Å². The van der Waals surface area contributed by atoms with Crippen LogP contribution in [0.2, 0.25) is 5.02 Å². The van der Waals surface area contributed by atoms with E-state index in [1.807, 2.05) is 12.1 Å². The van der Waals surface area contributed by atoms with Gasteiger partial charge in [0.2, 0.25) is 0 Å². The number of nitrogens with zero attached hydrogens (tertiary/aromatic N) is 2. The molecule has 0 amide bonds. The Morgan fingerprint density at radius 2 is 1.92 bits per heavy atom. The summed E-state index contributed by atoms with van der Waals surface area (Å²) in [5, 5.41) is -0.0704. The van der Waals surface area contributed by atoms with Gasteiger partial charge in [0.1, 0.15) is 0 Å². The number of benzene rings is 1. The van der Waals surface area contributed by atoms with Crippen molar-refractivity contribution in [2.75, 3.05) is 0 Å². The molecule has 0 aliphatic carbocycles. The summed E-state index contributed by atoms with van der Waals surface area (Å²) < 4.78 is 0. The first-order valence-electron chi connectivity index (χ1n) is 7.19. The van der Waals surface area contributed by atoms with E-state index in [0.717, 1.165) is 5.56 Å². The second-order valence-electron chi connectivity index (χ2n) is 5.30. The molecule has 1 aromatic heterocycles. The Morgan fingerprint density at radius 1 is 1.12 bits per heavy atom. The molecule has 4 nitrogen and oxygen atoms in total. The normalized spacial score (nSPS) is 18.8. The van der Waals surface area contributed by atoms with Crippen LogP contribution >= 0.6 is 23.2 Å². The maximum absolute atomic E-state index is 13.0. The van der Waals surface area contributed by atoms with Crippen LogP contribution in [0.15, 0.2) is 59.7 Å². The van der Waals surface area contributed by atoms with E-state index in [4.69, 9.17) is 23.2 Å². The molecule has 3 rings (SSSR count). The van der Waals surface area contributed by atoms with E-state index >= 15 is 0 Å². The van der Waals surface area contributed by atoms with Crippen molar-refractivity contribution in [2.45, 2.75) is 12.0 Å². The topological polar surface area (TPSA) is 59.4 Å². The van der Waals surface area contributed by atoms with Crippen molar-refractivity contribution in [2.24, 2.45) is 4.99 Å². The van der Waals surface area contributed by atoms with Gasteiger partial charge in [0.25, 0.3) is 5.24 Å². The molecular weight excluding hydrogens is 347 g/mol. The van der Waals surface area contributed by atoms with E-state index in [9.17, 15) is 9.59 Å². The average Bonchev–Trinajstić information content (AvgIpc) is 3.08. The third-order valence-electron chi connectivity index (χ3n) is 3.82. The van der Waals surface area contributed by atoms with Crippen LogP contribution in [0.25, 0.3) is 0 Å². The number of halogens is 2. The molecule has 2 heterocycles. The largest absolute Gasteiger partial charge is 0.296 e. The minimum Gasteiger partial charge on any atom is -0.296 e. The molecule has 1 aliphatic rings. The highest BCUT2D eigenvalue weighted by Gasteiger charge is 2.39. The van der Waals surface area contributed by atoms with Crippen LogP contribution in [-0.2, 0) is 16.8 Å². The van der Waals surface area contributed by atoms with E-state index in [2.05, 4.69) is 9.98 Å². The average molecular weight is 359 g/mol. The summed E-state index contributed by atoms with van der Waals surface area (Å²) >= 11 is 11.6. The first kappa shape index (κ1) is 16.6. The second kappa shape index (κ2) is 6.67. The van der Waals surface area contributed by atoms with Crippen LogP contribution in [0.1, 0.15) is 21.6 Å². The molecule has 6 heteroatoms. The number of allylic oxidation sites excluding steroid dienone is 1. The van der Waals surface area contributed by atoms with Gasteiger partial charge in [0.15, 0.2) is 11.3 Å². The number of ketones is 1. The lowest BCUT2D eigenvalue weighted by Gasteiger charge is -2.22. The van der Waals surface area contributed by atoms with E-state index in [0.29, 0.717) is 10.7 Å². The molecule has 0 radical (unpaired) electrons. The zero-order valence-corrected chi connectivity index (χ0v) is 14.0. The Morgan fingerprint density at radius 3 is 2.50 bits per heavy atom. The number of hydrogen-bond donors (Lipinski definition) is 0. The zero-order chi connectivity index (χ0) is 17.2. The van der Waals surface area contributed by atoms with Gasteiger partial charge in [-0.05, 0) is 47.5 Å². The van der Waals surface area contributed by atoms with Gasteiger partial charge in [-0.2, -0.15) is 0 Å². The van der Waals surface area contributed by atoms with E-state index in [-0.39, 0.29) is 17.8 Å². The molecule has 0 saturated carbocycles. The molecule has 0 bridgehead atoms. The van der Waals surface area contributed by atoms with Crippen LogP contribution in [-0.4, -0.2) is 22.2 Å². The smallest absolute Gasteiger partial charge is 0.253 e. The predicted octanol–water partition coefficient (Wildman–Crippen LogP) is 3.76. The Bertz CT molecular complexity index is 846. The standard InChI is InChI=1S/C18H12Cl2N2O2/c19-14-5-2-1-4-12(14)10-16(23)18(8-3-9-22-18)15-7-6-13(11-21-15)17(20)24/h1-9,11H,10H2. The highest BCUT2D eigenvalue weighted by Crippen LogP contribution is 2.32. The van der Waals surface area contributed by atoms with Gasteiger partial charge in [0.05, 0.1) is 11.3 Å². The summed E-state index contributed by atoms with van der Waals surface area (Å²) in [6.07, 6.45) is 6.42. The summed E-state index contributed by atoms with van der Waals surface area (Å²) in [5.74, 6) is -0.155. The van der Waals surface area contributed by atoms with Gasteiger partial charge in [-0.1, -0.05) is 29.8 Å². The quantitative estimate of drug-likeness (QED) is 0.764. The Hall–Kier alpha value is -2.30. The Balaban J connectivity index is 1.95. The second-order valence-corrected chi connectivity index (χ2v) is 6.05. The maximum atomic E-state index is 13.0. The molecule has 1 aliphatic heterocycles. The Labute approximate surface area is 148 Å². The van der Waals surface area contributed by atoms with Crippen molar-refractivity contribution in [1.29, 1.82) is 0 Å². The summed E-state index contributed by atoms with van der Waals surface area (Å²) in [6.45, 7) is 0. The molecule has 1 atom stereocenters. The third kappa shape index (κ3) is 3.03. The SMILES string of the molecule is O=C(Cl)c1ccc(C2(C(=O)Cc3ccccc3Cl)C=CC=N2)nc1. The molecule has 120 valence electrons. The number of aliphatic imine (C=N–C) groups is 1. The molecule has 1 unspecified atom stereocenters. The molecule has 0 saturated heterocycles. The van der Waals surface area contributed by atoms with Gasteiger partial charge in [-0.15, -0.1) is 0 Å².